The number of carbonyl (C=O) groups excluding carboxylic acids is 8. The van der Waals surface area contributed by atoms with Gasteiger partial charge in [-0.15, -0.1) is 0 Å². The number of hydrogen-bond donors (Lipinski definition) is 0. The van der Waals surface area contributed by atoms with Crippen molar-refractivity contribution in [1.29, 1.82) is 0 Å². The van der Waals surface area contributed by atoms with Gasteiger partial charge < -0.3 is 96.7 Å². The monoisotopic (exact) mass is 1160 g/mol. The van der Waals surface area contributed by atoms with Crippen LogP contribution in [0.1, 0.15) is 96.8 Å². The van der Waals surface area contributed by atoms with Crippen LogP contribution in [0.4, 0.5) is 0 Å². The Morgan fingerprint density at radius 2 is 0.343 bits per heavy atom. The first-order valence-corrected chi connectivity index (χ1v) is 19.3. The van der Waals surface area contributed by atoms with E-state index < -0.39 is 23.9 Å². The molecule has 388 valence electrons. The van der Waals surface area contributed by atoms with Crippen molar-refractivity contribution < 1.29 is 136 Å². The largest absolute Gasteiger partial charge is 2.00 e. The summed E-state index contributed by atoms with van der Waals surface area (Å²) in [6.07, 6.45) is 0. The third-order valence-electron chi connectivity index (χ3n) is 6.35. The molecule has 0 fully saturated rings. The number of aromatic carboxylic acids is 4. The molecule has 0 atom stereocenters. The average molecular weight is 1160 g/mol. The maximum atomic E-state index is 10.5. The van der Waals surface area contributed by atoms with E-state index in [1.807, 2.05) is 0 Å². The molecule has 0 radical (unpaired) electrons. The number of benzene rings is 4. The number of hydrogen-bond acceptors (Lipinski definition) is 20. The van der Waals surface area contributed by atoms with Gasteiger partial charge in [0.1, 0.15) is 69.1 Å². The van der Waals surface area contributed by atoms with E-state index in [4.69, 9.17) is 37.9 Å². The molecule has 20 nitrogen and oxygen atoms in total. The second kappa shape index (κ2) is 43.4. The summed E-state index contributed by atoms with van der Waals surface area (Å²) in [5.74, 6) is -0.910. The van der Waals surface area contributed by atoms with E-state index in [9.17, 15) is 58.8 Å². The minimum Gasteiger partial charge on any atom is -0.545 e. The Bertz CT molecular complexity index is 1810. The number of carboxylic acids is 4. The Kier molecular flexibility index (Phi) is 46.2. The van der Waals surface area contributed by atoms with Crippen molar-refractivity contribution in [3.05, 3.63) is 95.1 Å². The standard InChI is InChI=1S/4C9H10O4.4C3H6O.2Ru/c4*1-12-7-3-6(9(10)11)4-8(5-7)13-2;4*1-3(2)4;;/h4*3-5H,1-2H3,(H,10,11);4*1-2H3;;/q;;;;;;;;2*+2/p-4. The van der Waals surface area contributed by atoms with E-state index in [-0.39, 0.29) is 84.3 Å². The van der Waals surface area contributed by atoms with Crippen molar-refractivity contribution in [3.63, 3.8) is 0 Å². The zero-order valence-corrected chi connectivity index (χ0v) is 45.3. The molecule has 0 aromatic heterocycles. The molecule has 4 aromatic rings. The van der Waals surface area contributed by atoms with Crippen LogP contribution in [0.2, 0.25) is 0 Å². The molecule has 0 aliphatic rings. The van der Waals surface area contributed by atoms with Crippen LogP contribution in [-0.2, 0) is 58.1 Å². The van der Waals surface area contributed by atoms with Gasteiger partial charge in [0.25, 0.3) is 0 Å². The molecule has 0 heterocycles. The van der Waals surface area contributed by atoms with Crippen LogP contribution in [0.15, 0.2) is 72.8 Å². The van der Waals surface area contributed by atoms with Gasteiger partial charge in [0.2, 0.25) is 0 Å². The third kappa shape index (κ3) is 41.3. The molecular formula is C48H60O20Ru2. The predicted octanol–water partition coefficient (Wildman–Crippen LogP) is 2.65. The molecule has 22 heteroatoms. The molecule has 0 saturated heterocycles. The fourth-order valence-corrected chi connectivity index (χ4v) is 3.70. The Morgan fingerprint density at radius 1 is 0.257 bits per heavy atom. The molecular weight excluding hydrogens is 1100 g/mol. The first-order chi connectivity index (χ1) is 31.6. The summed E-state index contributed by atoms with van der Waals surface area (Å²) < 4.78 is 39.0. The molecule has 0 saturated carbocycles. The summed E-state index contributed by atoms with van der Waals surface area (Å²) in [6, 6.07) is 17.3. The molecule has 0 amide bonds. The van der Waals surface area contributed by atoms with E-state index in [1.165, 1.54) is 161 Å². The molecule has 4 rings (SSSR count). The molecule has 4 aromatic carbocycles. The van der Waals surface area contributed by atoms with Crippen LogP contribution in [0.5, 0.6) is 46.0 Å². The van der Waals surface area contributed by atoms with Crippen molar-refractivity contribution in [2.45, 2.75) is 55.4 Å². The first kappa shape index (κ1) is 74.6. The van der Waals surface area contributed by atoms with Gasteiger partial charge in [0, 0.05) is 46.5 Å². The van der Waals surface area contributed by atoms with Crippen molar-refractivity contribution in [3.8, 4) is 46.0 Å². The zero-order valence-electron chi connectivity index (χ0n) is 41.8. The van der Waals surface area contributed by atoms with Crippen molar-refractivity contribution >= 4 is 47.0 Å². The fraction of sp³-hybridized carbons (Fsp3) is 0.333. The number of carbonyl (C=O) groups is 8. The molecule has 0 spiro atoms. The topological polar surface area (TPSA) is 303 Å². The van der Waals surface area contributed by atoms with Gasteiger partial charge in [0.05, 0.1) is 80.8 Å². The van der Waals surface area contributed by atoms with Crippen LogP contribution in [0.25, 0.3) is 0 Å². The maximum Gasteiger partial charge on any atom is 2.00 e. The number of carboxylic acid groups (broad SMARTS) is 4. The summed E-state index contributed by atoms with van der Waals surface area (Å²) in [7, 11) is 11.6. The summed E-state index contributed by atoms with van der Waals surface area (Å²) >= 11 is 0. The number of methoxy groups -OCH3 is 8. The van der Waals surface area contributed by atoms with Crippen LogP contribution in [0, 0.1) is 0 Å². The molecule has 0 unspecified atom stereocenters. The van der Waals surface area contributed by atoms with Gasteiger partial charge >= 0.3 is 39.0 Å². The Balaban J connectivity index is -0.000000175. The third-order valence-corrected chi connectivity index (χ3v) is 6.35. The normalized spacial score (nSPS) is 8.46. The summed E-state index contributed by atoms with van der Waals surface area (Å²) in [5, 5.41) is 42.1. The van der Waals surface area contributed by atoms with Gasteiger partial charge in [-0.05, 0) is 104 Å². The van der Waals surface area contributed by atoms with Gasteiger partial charge in [-0.2, -0.15) is 0 Å². The minimum absolute atomic E-state index is 0. The number of Topliss-reactive ketones (excluding diaryl/α,β-unsaturated/α-hetero) is 4. The fourth-order valence-electron chi connectivity index (χ4n) is 3.70. The second-order valence-corrected chi connectivity index (χ2v) is 13.2. The van der Waals surface area contributed by atoms with E-state index in [0.29, 0.717) is 46.0 Å². The van der Waals surface area contributed by atoms with E-state index in [0.717, 1.165) is 0 Å². The van der Waals surface area contributed by atoms with Gasteiger partial charge in [-0.1, -0.05) is 0 Å². The van der Waals surface area contributed by atoms with Crippen LogP contribution < -0.4 is 58.3 Å². The molecule has 0 bridgehead atoms. The molecule has 0 N–H and O–H groups in total. The van der Waals surface area contributed by atoms with Crippen LogP contribution in [0.3, 0.4) is 0 Å². The second-order valence-electron chi connectivity index (χ2n) is 13.2. The van der Waals surface area contributed by atoms with Crippen LogP contribution in [-0.4, -0.2) is 104 Å². The van der Waals surface area contributed by atoms with Gasteiger partial charge in [-0.25, -0.2) is 0 Å². The average Bonchev–Trinajstić information content (AvgIpc) is 3.27. The summed E-state index contributed by atoms with van der Waals surface area (Å²) in [6.45, 7) is 12.2. The molecule has 0 aliphatic carbocycles. The first-order valence-electron chi connectivity index (χ1n) is 19.3. The van der Waals surface area contributed by atoms with E-state index >= 15 is 0 Å². The Hall–Kier alpha value is -6.91. The van der Waals surface area contributed by atoms with Crippen molar-refractivity contribution in [2.75, 3.05) is 56.9 Å². The number of rotatable bonds is 12. The predicted molar refractivity (Wildman–Crippen MR) is 241 cm³/mol. The SMILES string of the molecule is CC(C)=O.CC(C)=O.CC(C)=O.CC(C)=O.COc1cc(OC)cc(C(=O)[O-])c1.COc1cc(OC)cc(C(=O)[O-])c1.COc1cc(OC)cc(C(=O)[O-])c1.COc1cc(OC)cc(C(=O)[O-])c1.[Ru+2].[Ru+2]. The number of ether oxygens (including phenoxy) is 8. The minimum atomic E-state index is -1.25. The molecule has 70 heavy (non-hydrogen) atoms. The van der Waals surface area contributed by atoms with E-state index in [1.54, 1.807) is 24.3 Å². The van der Waals surface area contributed by atoms with E-state index in [2.05, 4.69) is 0 Å². The Labute approximate surface area is 434 Å². The van der Waals surface area contributed by atoms with Crippen LogP contribution >= 0.6 is 0 Å². The summed E-state index contributed by atoms with van der Waals surface area (Å²) in [5.41, 5.74) is 0.153. The molecule has 0 aliphatic heterocycles. The zero-order chi connectivity index (χ0) is 53.7. The Morgan fingerprint density at radius 3 is 0.400 bits per heavy atom. The van der Waals surface area contributed by atoms with Crippen molar-refractivity contribution in [2.24, 2.45) is 0 Å². The quantitative estimate of drug-likeness (QED) is 0.184. The maximum absolute atomic E-state index is 10.5. The summed E-state index contributed by atoms with van der Waals surface area (Å²) in [4.78, 5) is 79.8. The van der Waals surface area contributed by atoms with Crippen molar-refractivity contribution in [1.82, 2.24) is 0 Å². The van der Waals surface area contributed by atoms with Gasteiger partial charge in [0.15, 0.2) is 0 Å². The number of ketones is 4. The smallest absolute Gasteiger partial charge is 0.545 e. The van der Waals surface area contributed by atoms with Gasteiger partial charge in [-0.3, -0.25) is 0 Å².